The molecular weight excluding hydrogens is 370 g/mol. The van der Waals surface area contributed by atoms with Gasteiger partial charge < -0.3 is 15.2 Å². The Kier molecular flexibility index (Phi) is 5.61. The molecule has 2 aromatic heterocycles. The van der Waals surface area contributed by atoms with Crippen LogP contribution in [-0.2, 0) is 6.54 Å². The van der Waals surface area contributed by atoms with Crippen molar-refractivity contribution in [1.82, 2.24) is 14.7 Å². The van der Waals surface area contributed by atoms with E-state index in [1.807, 2.05) is 6.92 Å². The molecular formula is C19H18ClN3O4. The van der Waals surface area contributed by atoms with Crippen LogP contribution < -0.4 is 15.6 Å². The van der Waals surface area contributed by atoms with Gasteiger partial charge in [-0.05, 0) is 36.8 Å². The molecule has 0 unspecified atom stereocenters. The number of halogens is 1. The lowest BCUT2D eigenvalue weighted by molar-refractivity contribution is 0.0948. The Morgan fingerprint density at radius 2 is 2.19 bits per heavy atom. The molecule has 0 bridgehead atoms. The summed E-state index contributed by atoms with van der Waals surface area (Å²) >= 11 is 6.03. The van der Waals surface area contributed by atoms with Gasteiger partial charge in [0, 0.05) is 29.5 Å². The summed E-state index contributed by atoms with van der Waals surface area (Å²) in [4.78, 5) is 29.0. The Morgan fingerprint density at radius 1 is 1.37 bits per heavy atom. The van der Waals surface area contributed by atoms with Gasteiger partial charge in [-0.3, -0.25) is 14.0 Å². The predicted molar refractivity (Wildman–Crippen MR) is 102 cm³/mol. The van der Waals surface area contributed by atoms with Crippen LogP contribution in [0.3, 0.4) is 0 Å². The highest BCUT2D eigenvalue weighted by molar-refractivity contribution is 6.30. The summed E-state index contributed by atoms with van der Waals surface area (Å²) in [5, 5.41) is 13.0. The zero-order chi connectivity index (χ0) is 19.4. The number of carbonyl (C=O) groups is 1. The molecule has 0 radical (unpaired) electrons. The summed E-state index contributed by atoms with van der Waals surface area (Å²) in [5.74, 6) is -0.0929. The van der Waals surface area contributed by atoms with Crippen LogP contribution in [0.25, 0.3) is 5.65 Å². The van der Waals surface area contributed by atoms with Crippen molar-refractivity contribution in [3.8, 4) is 11.5 Å². The van der Waals surface area contributed by atoms with Crippen LogP contribution in [0.5, 0.6) is 11.5 Å². The maximum absolute atomic E-state index is 12.5. The van der Waals surface area contributed by atoms with E-state index < -0.39 is 11.5 Å². The van der Waals surface area contributed by atoms with Gasteiger partial charge in [-0.15, -0.1) is 0 Å². The maximum atomic E-state index is 12.5. The molecule has 0 saturated heterocycles. The van der Waals surface area contributed by atoms with Gasteiger partial charge in [0.25, 0.3) is 11.5 Å². The van der Waals surface area contributed by atoms with Gasteiger partial charge >= 0.3 is 0 Å². The molecule has 0 aliphatic heterocycles. The second-order valence-corrected chi connectivity index (χ2v) is 6.28. The maximum Gasteiger partial charge on any atom is 0.270 e. The van der Waals surface area contributed by atoms with E-state index >= 15 is 0 Å². The van der Waals surface area contributed by atoms with E-state index in [9.17, 15) is 14.7 Å². The molecule has 3 aromatic rings. The Hall–Kier alpha value is -3.06. The summed E-state index contributed by atoms with van der Waals surface area (Å²) in [6.07, 6.45) is 3.44. The van der Waals surface area contributed by atoms with Crippen molar-refractivity contribution in [1.29, 1.82) is 0 Å². The van der Waals surface area contributed by atoms with Gasteiger partial charge in [0.05, 0.1) is 6.61 Å². The highest BCUT2D eigenvalue weighted by Crippen LogP contribution is 2.23. The van der Waals surface area contributed by atoms with Crippen molar-refractivity contribution in [3.05, 3.63) is 69.2 Å². The van der Waals surface area contributed by atoms with Gasteiger partial charge in [0.15, 0.2) is 11.4 Å². The minimum Gasteiger partial charge on any atom is -0.504 e. The average Bonchev–Trinajstić information content (AvgIpc) is 2.66. The molecule has 3 rings (SSSR count). The molecule has 2 N–H and O–H groups in total. The van der Waals surface area contributed by atoms with Crippen LogP contribution in [0.4, 0.5) is 0 Å². The molecule has 2 heterocycles. The number of nitrogens with one attached hydrogen (secondary N) is 1. The number of nitrogens with zero attached hydrogens (tertiary/aromatic N) is 2. The summed E-state index contributed by atoms with van der Waals surface area (Å²) in [6, 6.07) is 8.07. The quantitative estimate of drug-likeness (QED) is 0.678. The second kappa shape index (κ2) is 8.09. The molecule has 7 nitrogen and oxygen atoms in total. The summed E-state index contributed by atoms with van der Waals surface area (Å²) in [5.41, 5.74) is 0.0954. The number of aromatic hydroxyl groups is 1. The second-order valence-electron chi connectivity index (χ2n) is 5.85. The molecule has 1 amide bonds. The number of hydrogen-bond donors (Lipinski definition) is 2. The highest BCUT2D eigenvalue weighted by atomic mass is 35.5. The van der Waals surface area contributed by atoms with E-state index in [2.05, 4.69) is 10.3 Å². The van der Waals surface area contributed by atoms with Gasteiger partial charge in [-0.25, -0.2) is 4.98 Å². The zero-order valence-electron chi connectivity index (χ0n) is 14.6. The number of rotatable bonds is 6. The minimum atomic E-state index is -0.577. The first kappa shape index (κ1) is 18.7. The predicted octanol–water partition coefficient (Wildman–Crippen LogP) is 2.77. The normalized spacial score (nSPS) is 10.7. The van der Waals surface area contributed by atoms with E-state index in [1.165, 1.54) is 18.3 Å². The van der Waals surface area contributed by atoms with Crippen molar-refractivity contribution in [2.75, 3.05) is 6.61 Å². The Bertz CT molecular complexity index is 1050. The summed E-state index contributed by atoms with van der Waals surface area (Å²) in [7, 11) is 0. The summed E-state index contributed by atoms with van der Waals surface area (Å²) < 4.78 is 6.78. The van der Waals surface area contributed by atoms with Gasteiger partial charge in [-0.1, -0.05) is 18.5 Å². The number of pyridine rings is 1. The summed E-state index contributed by atoms with van der Waals surface area (Å²) in [6.45, 7) is 2.68. The lowest BCUT2D eigenvalue weighted by Gasteiger charge is -2.12. The Morgan fingerprint density at radius 3 is 2.96 bits per heavy atom. The molecule has 140 valence electrons. The third-order valence-corrected chi connectivity index (χ3v) is 4.12. The number of amides is 1. The number of benzene rings is 1. The van der Waals surface area contributed by atoms with Crippen LogP contribution in [0.15, 0.2) is 47.5 Å². The van der Waals surface area contributed by atoms with Gasteiger partial charge in [0.2, 0.25) is 0 Å². The molecule has 0 saturated carbocycles. The minimum absolute atomic E-state index is 0.0872. The van der Waals surface area contributed by atoms with Gasteiger partial charge in [0.1, 0.15) is 11.3 Å². The Balaban J connectivity index is 1.83. The topological polar surface area (TPSA) is 92.9 Å². The molecule has 0 atom stereocenters. The number of hydrogen-bond acceptors (Lipinski definition) is 5. The molecule has 0 aliphatic rings. The van der Waals surface area contributed by atoms with E-state index in [4.69, 9.17) is 16.3 Å². The SMILES string of the molecule is CCCOc1ccc(Cl)cc1CNC(=O)c1cnc2c(O)cccn2c1=O. The molecule has 0 spiro atoms. The van der Waals surface area contributed by atoms with E-state index in [1.54, 1.807) is 18.2 Å². The number of carbonyl (C=O) groups excluding carboxylic acids is 1. The van der Waals surface area contributed by atoms with Crippen LogP contribution in [0, 0.1) is 0 Å². The van der Waals surface area contributed by atoms with Gasteiger partial charge in [-0.2, -0.15) is 0 Å². The average molecular weight is 388 g/mol. The van der Waals surface area contributed by atoms with E-state index in [0.717, 1.165) is 17.0 Å². The van der Waals surface area contributed by atoms with Crippen LogP contribution in [0.1, 0.15) is 29.3 Å². The number of ether oxygens (including phenoxy) is 1. The largest absolute Gasteiger partial charge is 0.504 e. The molecule has 0 fully saturated rings. The lowest BCUT2D eigenvalue weighted by atomic mass is 10.2. The lowest BCUT2D eigenvalue weighted by Crippen LogP contribution is -2.31. The smallest absolute Gasteiger partial charge is 0.270 e. The highest BCUT2D eigenvalue weighted by Gasteiger charge is 2.15. The first-order valence-corrected chi connectivity index (χ1v) is 8.78. The van der Waals surface area contributed by atoms with Crippen molar-refractivity contribution in [2.45, 2.75) is 19.9 Å². The monoisotopic (exact) mass is 387 g/mol. The van der Waals surface area contributed by atoms with E-state index in [0.29, 0.717) is 22.9 Å². The zero-order valence-corrected chi connectivity index (χ0v) is 15.4. The van der Waals surface area contributed by atoms with Crippen molar-refractivity contribution in [2.24, 2.45) is 0 Å². The molecule has 1 aromatic carbocycles. The standard InChI is InChI=1S/C19H18ClN3O4/c1-2-8-27-16-6-5-13(20)9-12(16)10-22-18(25)14-11-21-17-15(24)4-3-7-23(17)19(14)26/h3-7,9,11,24H,2,8,10H2,1H3,(H,22,25). The fourth-order valence-electron chi connectivity index (χ4n) is 2.56. The van der Waals surface area contributed by atoms with Crippen LogP contribution in [0.2, 0.25) is 5.02 Å². The van der Waals surface area contributed by atoms with Crippen molar-refractivity contribution < 1.29 is 14.6 Å². The molecule has 27 heavy (non-hydrogen) atoms. The van der Waals surface area contributed by atoms with Crippen LogP contribution in [-0.4, -0.2) is 27.0 Å². The third kappa shape index (κ3) is 4.03. The van der Waals surface area contributed by atoms with Crippen molar-refractivity contribution in [3.63, 3.8) is 0 Å². The van der Waals surface area contributed by atoms with Crippen LogP contribution >= 0.6 is 11.6 Å². The number of aromatic nitrogens is 2. The molecule has 0 aliphatic carbocycles. The number of fused-ring (bicyclic) bond motifs is 1. The third-order valence-electron chi connectivity index (χ3n) is 3.88. The molecule has 8 heteroatoms. The fourth-order valence-corrected chi connectivity index (χ4v) is 2.75. The van der Waals surface area contributed by atoms with E-state index in [-0.39, 0.29) is 23.5 Å². The first-order valence-electron chi connectivity index (χ1n) is 8.40. The van der Waals surface area contributed by atoms with Crippen molar-refractivity contribution >= 4 is 23.2 Å². The first-order chi connectivity index (χ1) is 13.0. The fraction of sp³-hybridized carbons (Fsp3) is 0.211. The Labute approximate surface area is 160 Å².